The summed E-state index contributed by atoms with van der Waals surface area (Å²) in [4.78, 5) is 0. The van der Waals surface area contributed by atoms with Crippen LogP contribution in [0, 0.1) is 0 Å². The third kappa shape index (κ3) is 4.19. The SMILES string of the molecule is CCC(=C(c1ccccc1)c1ccc(C=CCO)cc1)c1ccccc1. The van der Waals surface area contributed by atoms with E-state index in [1.54, 1.807) is 6.08 Å². The van der Waals surface area contributed by atoms with Crippen LogP contribution >= 0.6 is 0 Å². The van der Waals surface area contributed by atoms with Gasteiger partial charge in [0, 0.05) is 0 Å². The molecule has 0 saturated heterocycles. The van der Waals surface area contributed by atoms with Crippen molar-refractivity contribution in [3.05, 3.63) is 113 Å². The highest BCUT2D eigenvalue weighted by Gasteiger charge is 2.12. The first-order valence-electron chi connectivity index (χ1n) is 9.05. The summed E-state index contributed by atoms with van der Waals surface area (Å²) in [7, 11) is 0. The van der Waals surface area contributed by atoms with Crippen LogP contribution < -0.4 is 0 Å². The van der Waals surface area contributed by atoms with Gasteiger partial charge in [-0.1, -0.05) is 104 Å². The summed E-state index contributed by atoms with van der Waals surface area (Å²) in [6.45, 7) is 2.27. The van der Waals surface area contributed by atoms with Crippen molar-refractivity contribution >= 4 is 17.2 Å². The van der Waals surface area contributed by atoms with Gasteiger partial charge >= 0.3 is 0 Å². The second kappa shape index (κ2) is 8.98. The molecule has 0 bridgehead atoms. The van der Waals surface area contributed by atoms with Crippen LogP contribution in [0.1, 0.15) is 35.6 Å². The maximum Gasteiger partial charge on any atom is 0.0615 e. The number of aliphatic hydroxyl groups is 1. The summed E-state index contributed by atoms with van der Waals surface area (Å²) < 4.78 is 0. The van der Waals surface area contributed by atoms with Gasteiger partial charge in [0.25, 0.3) is 0 Å². The van der Waals surface area contributed by atoms with Crippen molar-refractivity contribution in [2.45, 2.75) is 13.3 Å². The summed E-state index contributed by atoms with van der Waals surface area (Å²) in [6.07, 6.45) is 4.65. The molecule has 1 nitrogen and oxygen atoms in total. The molecule has 0 aromatic heterocycles. The molecular formula is C25H24O. The van der Waals surface area contributed by atoms with Crippen LogP contribution in [-0.2, 0) is 0 Å². The topological polar surface area (TPSA) is 20.2 Å². The third-order valence-electron chi connectivity index (χ3n) is 4.46. The van der Waals surface area contributed by atoms with E-state index in [4.69, 9.17) is 5.11 Å². The maximum absolute atomic E-state index is 8.96. The molecule has 0 aliphatic carbocycles. The Morgan fingerprint density at radius 1 is 0.731 bits per heavy atom. The Bertz CT molecular complexity index is 872. The first kappa shape index (κ1) is 17.9. The van der Waals surface area contributed by atoms with Crippen LogP contribution in [0.25, 0.3) is 17.2 Å². The lowest BCUT2D eigenvalue weighted by atomic mass is 9.88. The van der Waals surface area contributed by atoms with Crippen molar-refractivity contribution in [2.75, 3.05) is 6.61 Å². The highest BCUT2D eigenvalue weighted by atomic mass is 16.2. The molecule has 1 heteroatoms. The number of rotatable bonds is 6. The molecule has 0 radical (unpaired) electrons. The molecule has 0 saturated carbocycles. The second-order valence-corrected chi connectivity index (χ2v) is 6.15. The lowest BCUT2D eigenvalue weighted by Crippen LogP contribution is -1.95. The van der Waals surface area contributed by atoms with Gasteiger partial charge in [-0.05, 0) is 39.8 Å². The molecule has 0 fully saturated rings. The third-order valence-corrected chi connectivity index (χ3v) is 4.46. The highest BCUT2D eigenvalue weighted by Crippen LogP contribution is 2.34. The predicted octanol–water partition coefficient (Wildman–Crippen LogP) is 6.06. The normalized spacial score (nSPS) is 12.2. The van der Waals surface area contributed by atoms with Crippen molar-refractivity contribution in [2.24, 2.45) is 0 Å². The monoisotopic (exact) mass is 340 g/mol. The Morgan fingerprint density at radius 3 is 1.81 bits per heavy atom. The smallest absolute Gasteiger partial charge is 0.0615 e. The first-order chi connectivity index (χ1) is 12.8. The fourth-order valence-electron chi connectivity index (χ4n) is 3.23. The minimum Gasteiger partial charge on any atom is -0.392 e. The molecule has 0 aliphatic heterocycles. The maximum atomic E-state index is 8.96. The number of benzene rings is 3. The van der Waals surface area contributed by atoms with Gasteiger partial charge in [-0.2, -0.15) is 0 Å². The fourth-order valence-corrected chi connectivity index (χ4v) is 3.23. The Morgan fingerprint density at radius 2 is 1.27 bits per heavy atom. The lowest BCUT2D eigenvalue weighted by molar-refractivity contribution is 0.343. The van der Waals surface area contributed by atoms with Crippen molar-refractivity contribution in [3.8, 4) is 0 Å². The zero-order chi connectivity index (χ0) is 18.2. The number of allylic oxidation sites excluding steroid dienone is 1. The quantitative estimate of drug-likeness (QED) is 0.541. The van der Waals surface area contributed by atoms with Crippen molar-refractivity contribution < 1.29 is 5.11 Å². The van der Waals surface area contributed by atoms with Gasteiger partial charge in [0.05, 0.1) is 6.61 Å². The summed E-state index contributed by atoms with van der Waals surface area (Å²) in [5.74, 6) is 0. The molecule has 3 aromatic rings. The molecule has 1 N–H and O–H groups in total. The van der Waals surface area contributed by atoms with Gasteiger partial charge in [0.1, 0.15) is 0 Å². The average Bonchev–Trinajstić information content (AvgIpc) is 2.72. The van der Waals surface area contributed by atoms with E-state index in [1.807, 2.05) is 6.08 Å². The van der Waals surface area contributed by atoms with Gasteiger partial charge in [-0.15, -0.1) is 0 Å². The Balaban J connectivity index is 2.16. The zero-order valence-electron chi connectivity index (χ0n) is 15.1. The standard InChI is InChI=1S/C25H24O/c1-2-24(21-11-5-3-6-12-21)25(22-13-7-4-8-14-22)23-17-15-20(16-18-23)10-9-19-26/h3-18,26H,2,19H2,1H3. The number of aliphatic hydroxyl groups excluding tert-OH is 1. The molecule has 0 heterocycles. The van der Waals surface area contributed by atoms with Gasteiger partial charge in [-0.25, -0.2) is 0 Å². The molecule has 130 valence electrons. The summed E-state index contributed by atoms with van der Waals surface area (Å²) >= 11 is 0. The number of hydrogen-bond donors (Lipinski definition) is 1. The Hall–Kier alpha value is -2.90. The zero-order valence-corrected chi connectivity index (χ0v) is 15.1. The average molecular weight is 340 g/mol. The van der Waals surface area contributed by atoms with Gasteiger partial charge in [-0.3, -0.25) is 0 Å². The van der Waals surface area contributed by atoms with E-state index < -0.39 is 0 Å². The van der Waals surface area contributed by atoms with E-state index >= 15 is 0 Å². The molecular weight excluding hydrogens is 316 g/mol. The summed E-state index contributed by atoms with van der Waals surface area (Å²) in [6, 6.07) is 29.7. The van der Waals surface area contributed by atoms with E-state index in [0.29, 0.717) is 0 Å². The van der Waals surface area contributed by atoms with E-state index in [-0.39, 0.29) is 6.61 Å². The van der Waals surface area contributed by atoms with Crippen LogP contribution in [0.5, 0.6) is 0 Å². The van der Waals surface area contributed by atoms with Crippen LogP contribution in [0.3, 0.4) is 0 Å². The molecule has 0 unspecified atom stereocenters. The molecule has 0 amide bonds. The Labute approximate surface area is 156 Å². The molecule has 0 spiro atoms. The molecule has 0 aliphatic rings. The van der Waals surface area contributed by atoms with Crippen LogP contribution in [0.15, 0.2) is 91.0 Å². The molecule has 26 heavy (non-hydrogen) atoms. The van der Waals surface area contributed by atoms with Crippen LogP contribution in [0.4, 0.5) is 0 Å². The van der Waals surface area contributed by atoms with Crippen molar-refractivity contribution in [1.82, 2.24) is 0 Å². The predicted molar refractivity (Wildman–Crippen MR) is 112 cm³/mol. The van der Waals surface area contributed by atoms with E-state index in [0.717, 1.165) is 12.0 Å². The van der Waals surface area contributed by atoms with E-state index in [2.05, 4.69) is 91.9 Å². The highest BCUT2D eigenvalue weighted by molar-refractivity contribution is 5.98. The number of hydrogen-bond acceptors (Lipinski definition) is 1. The van der Waals surface area contributed by atoms with Gasteiger partial charge < -0.3 is 5.11 Å². The second-order valence-electron chi connectivity index (χ2n) is 6.15. The van der Waals surface area contributed by atoms with Crippen molar-refractivity contribution in [3.63, 3.8) is 0 Å². The minimum absolute atomic E-state index is 0.0604. The first-order valence-corrected chi connectivity index (χ1v) is 9.05. The molecule has 0 atom stereocenters. The largest absolute Gasteiger partial charge is 0.392 e. The fraction of sp³-hybridized carbons (Fsp3) is 0.120. The van der Waals surface area contributed by atoms with Gasteiger partial charge in [0.15, 0.2) is 0 Å². The van der Waals surface area contributed by atoms with Crippen molar-refractivity contribution in [1.29, 1.82) is 0 Å². The van der Waals surface area contributed by atoms with Crippen LogP contribution in [0.2, 0.25) is 0 Å². The Kier molecular flexibility index (Phi) is 6.19. The van der Waals surface area contributed by atoms with Gasteiger partial charge in [0.2, 0.25) is 0 Å². The minimum atomic E-state index is 0.0604. The summed E-state index contributed by atoms with van der Waals surface area (Å²) in [5, 5.41) is 8.96. The lowest BCUT2D eigenvalue weighted by Gasteiger charge is -2.16. The van der Waals surface area contributed by atoms with E-state index in [1.165, 1.54) is 27.8 Å². The molecule has 3 rings (SSSR count). The summed E-state index contributed by atoms with van der Waals surface area (Å²) in [5.41, 5.74) is 7.41. The van der Waals surface area contributed by atoms with E-state index in [9.17, 15) is 0 Å². The van der Waals surface area contributed by atoms with Crippen LogP contribution in [-0.4, -0.2) is 11.7 Å². The molecule has 3 aromatic carbocycles.